The highest BCUT2D eigenvalue weighted by atomic mass is 35.5. The molecule has 2 heterocycles. The van der Waals surface area contributed by atoms with Gasteiger partial charge in [0.25, 0.3) is 6.47 Å². The zero-order valence-electron chi connectivity index (χ0n) is 25.1. The number of amides is 1. The fourth-order valence-corrected chi connectivity index (χ4v) is 4.94. The SMILES string of the molecule is Cc1c(COc2cc(OCc3cncc(C#N)c3)c(CNCCC(N)=O)cc2Cl)cccc1-c1ccc2c(c1)OCCO2.O=CO. The van der Waals surface area contributed by atoms with Crippen LogP contribution in [0.1, 0.15) is 34.2 Å². The van der Waals surface area contributed by atoms with Crippen LogP contribution in [0.5, 0.6) is 23.0 Å². The third-order valence-corrected chi connectivity index (χ3v) is 7.27. The summed E-state index contributed by atoms with van der Waals surface area (Å²) in [6.45, 7) is 4.17. The number of carbonyl (C=O) groups is 2. The molecule has 12 heteroatoms. The maximum atomic E-state index is 11.1. The summed E-state index contributed by atoms with van der Waals surface area (Å²) in [6.07, 6.45) is 3.36. The van der Waals surface area contributed by atoms with Gasteiger partial charge in [0.1, 0.15) is 44.0 Å². The number of rotatable bonds is 12. The standard InChI is InChI=1S/C33H31ClN4O5.CH2O2/c1-21-25(3-2-4-27(21)24-5-6-29-32(13-24)41-10-9-40-29)20-43-31-14-30(42-19-23-11-22(15-35)16-38-17-23)26(12-28(31)34)18-37-8-7-33(36)39;2-1-3/h2-6,11-14,16-17,37H,7-10,18-20H2,1H3,(H2,36,39);1H,(H,2,3). The lowest BCUT2D eigenvalue weighted by atomic mass is 9.96. The molecule has 0 saturated carbocycles. The van der Waals surface area contributed by atoms with Crippen LogP contribution in [0.3, 0.4) is 0 Å². The summed E-state index contributed by atoms with van der Waals surface area (Å²) in [5, 5.41) is 19.7. The van der Waals surface area contributed by atoms with Crippen LogP contribution < -0.4 is 30.0 Å². The number of primary amides is 1. The van der Waals surface area contributed by atoms with E-state index in [1.165, 1.54) is 6.20 Å². The first-order valence-electron chi connectivity index (χ1n) is 14.3. The predicted octanol–water partition coefficient (Wildman–Crippen LogP) is 5.18. The third-order valence-electron chi connectivity index (χ3n) is 6.98. The van der Waals surface area contributed by atoms with Crippen molar-refractivity contribution in [1.82, 2.24) is 10.3 Å². The van der Waals surface area contributed by atoms with Crippen molar-refractivity contribution >= 4 is 24.0 Å². The van der Waals surface area contributed by atoms with Crippen LogP contribution in [0.15, 0.2) is 67.0 Å². The number of nitrogens with one attached hydrogen (secondary N) is 1. The van der Waals surface area contributed by atoms with E-state index in [1.54, 1.807) is 24.4 Å². The van der Waals surface area contributed by atoms with Crippen LogP contribution in [0.25, 0.3) is 11.1 Å². The van der Waals surface area contributed by atoms with E-state index in [2.05, 4.69) is 29.4 Å². The second-order valence-electron chi connectivity index (χ2n) is 10.1. The minimum atomic E-state index is -0.385. The van der Waals surface area contributed by atoms with Crippen LogP contribution in [0, 0.1) is 18.3 Å². The Morgan fingerprint density at radius 1 is 1.07 bits per heavy atom. The molecule has 1 aromatic heterocycles. The average molecular weight is 645 g/mol. The molecule has 0 radical (unpaired) electrons. The molecule has 4 aromatic rings. The van der Waals surface area contributed by atoms with Gasteiger partial charge < -0.3 is 35.1 Å². The van der Waals surface area contributed by atoms with Crippen molar-refractivity contribution in [3.63, 3.8) is 0 Å². The van der Waals surface area contributed by atoms with Gasteiger partial charge in [-0.3, -0.25) is 14.6 Å². The number of aromatic nitrogens is 1. The van der Waals surface area contributed by atoms with Crippen molar-refractivity contribution in [1.29, 1.82) is 5.26 Å². The van der Waals surface area contributed by atoms with Crippen molar-refractivity contribution in [2.75, 3.05) is 19.8 Å². The highest BCUT2D eigenvalue weighted by Crippen LogP contribution is 2.37. The fraction of sp³-hybridized carbons (Fsp3) is 0.235. The Kier molecular flexibility index (Phi) is 12.2. The number of hydrogen-bond donors (Lipinski definition) is 3. The molecule has 0 fully saturated rings. The van der Waals surface area contributed by atoms with Crippen molar-refractivity contribution in [2.24, 2.45) is 5.73 Å². The number of hydrogen-bond acceptors (Lipinski definition) is 9. The number of ether oxygens (including phenoxy) is 4. The molecule has 46 heavy (non-hydrogen) atoms. The number of nitrogens with two attached hydrogens (primary N) is 1. The minimum absolute atomic E-state index is 0.189. The molecule has 11 nitrogen and oxygen atoms in total. The van der Waals surface area contributed by atoms with E-state index in [0.717, 1.165) is 44.9 Å². The summed E-state index contributed by atoms with van der Waals surface area (Å²) < 4.78 is 23.8. The van der Waals surface area contributed by atoms with Gasteiger partial charge in [-0.05, 0) is 53.4 Å². The van der Waals surface area contributed by atoms with Gasteiger partial charge in [-0.2, -0.15) is 5.26 Å². The molecule has 5 rings (SSSR count). The molecule has 0 atom stereocenters. The quantitative estimate of drug-likeness (QED) is 0.138. The first-order valence-corrected chi connectivity index (χ1v) is 14.7. The summed E-state index contributed by atoms with van der Waals surface area (Å²) >= 11 is 6.67. The minimum Gasteiger partial charge on any atom is -0.488 e. The molecule has 1 amide bonds. The lowest BCUT2D eigenvalue weighted by molar-refractivity contribution is -0.123. The molecule has 0 unspecified atom stereocenters. The summed E-state index contributed by atoms with van der Waals surface area (Å²) in [4.78, 5) is 23.6. The van der Waals surface area contributed by atoms with Gasteiger partial charge >= 0.3 is 0 Å². The number of benzene rings is 3. The molecule has 1 aliphatic rings. The molecule has 0 bridgehead atoms. The zero-order chi connectivity index (χ0) is 32.9. The maximum absolute atomic E-state index is 11.1. The van der Waals surface area contributed by atoms with Gasteiger partial charge in [-0.25, -0.2) is 0 Å². The Bertz CT molecular complexity index is 1720. The van der Waals surface area contributed by atoms with Crippen LogP contribution in [-0.4, -0.2) is 42.2 Å². The Morgan fingerprint density at radius 3 is 2.59 bits per heavy atom. The normalized spacial score (nSPS) is 11.4. The second kappa shape index (κ2) is 16.7. The molecule has 0 saturated heterocycles. The molecule has 238 valence electrons. The highest BCUT2D eigenvalue weighted by molar-refractivity contribution is 6.32. The summed E-state index contributed by atoms with van der Waals surface area (Å²) in [6, 6.07) is 19.4. The highest BCUT2D eigenvalue weighted by Gasteiger charge is 2.16. The van der Waals surface area contributed by atoms with E-state index in [-0.39, 0.29) is 32.0 Å². The molecular formula is C34H33ClN4O7. The van der Waals surface area contributed by atoms with Crippen LogP contribution in [0.4, 0.5) is 0 Å². The lowest BCUT2D eigenvalue weighted by Crippen LogP contribution is -2.22. The molecular weight excluding hydrogens is 612 g/mol. The number of carbonyl (C=O) groups excluding carboxylic acids is 1. The van der Waals surface area contributed by atoms with Crippen LogP contribution in [0.2, 0.25) is 5.02 Å². The Balaban J connectivity index is 0.00000154. The molecule has 0 aliphatic carbocycles. The van der Waals surface area contributed by atoms with E-state index in [1.807, 2.05) is 30.3 Å². The van der Waals surface area contributed by atoms with Crippen molar-refractivity contribution in [3.8, 4) is 40.2 Å². The van der Waals surface area contributed by atoms with E-state index in [4.69, 9.17) is 46.2 Å². The fourth-order valence-electron chi connectivity index (χ4n) is 4.70. The van der Waals surface area contributed by atoms with Gasteiger partial charge in [0.05, 0.1) is 10.6 Å². The predicted molar refractivity (Wildman–Crippen MR) is 171 cm³/mol. The van der Waals surface area contributed by atoms with Crippen molar-refractivity contribution < 1.29 is 33.6 Å². The molecule has 0 spiro atoms. The number of nitriles is 1. The number of carboxylic acid groups (broad SMARTS) is 1. The van der Waals surface area contributed by atoms with Crippen molar-refractivity contribution in [2.45, 2.75) is 33.1 Å². The molecule has 1 aliphatic heterocycles. The van der Waals surface area contributed by atoms with E-state index < -0.39 is 0 Å². The Hall–Kier alpha value is -5.31. The Labute approximate surface area is 271 Å². The summed E-state index contributed by atoms with van der Waals surface area (Å²) in [5.41, 5.74) is 11.4. The van der Waals surface area contributed by atoms with Gasteiger partial charge in [0.15, 0.2) is 11.5 Å². The molecule has 4 N–H and O–H groups in total. The van der Waals surface area contributed by atoms with E-state index >= 15 is 0 Å². The second-order valence-corrected chi connectivity index (χ2v) is 10.5. The van der Waals surface area contributed by atoms with Gasteiger partial charge in [0, 0.05) is 49.1 Å². The maximum Gasteiger partial charge on any atom is 0.290 e. The molecule has 3 aromatic carbocycles. The van der Waals surface area contributed by atoms with Gasteiger partial charge in [0.2, 0.25) is 5.91 Å². The van der Waals surface area contributed by atoms with Crippen LogP contribution >= 0.6 is 11.6 Å². The van der Waals surface area contributed by atoms with E-state index in [9.17, 15) is 10.1 Å². The first kappa shape index (κ1) is 33.6. The summed E-state index contributed by atoms with van der Waals surface area (Å²) in [5.74, 6) is 2.12. The average Bonchev–Trinajstić information content (AvgIpc) is 3.06. The van der Waals surface area contributed by atoms with Crippen molar-refractivity contribution in [3.05, 3.63) is 99.8 Å². The van der Waals surface area contributed by atoms with E-state index in [0.29, 0.717) is 48.4 Å². The lowest BCUT2D eigenvalue weighted by Gasteiger charge is -2.20. The number of halogens is 1. The number of nitrogens with zero attached hydrogens (tertiary/aromatic N) is 2. The zero-order valence-corrected chi connectivity index (χ0v) is 25.9. The monoisotopic (exact) mass is 644 g/mol. The Morgan fingerprint density at radius 2 is 1.83 bits per heavy atom. The topological polar surface area (TPSA) is 166 Å². The summed E-state index contributed by atoms with van der Waals surface area (Å²) in [7, 11) is 0. The van der Waals surface area contributed by atoms with Gasteiger partial charge in [-0.1, -0.05) is 35.9 Å². The number of fused-ring (bicyclic) bond motifs is 1. The van der Waals surface area contributed by atoms with Gasteiger partial charge in [-0.15, -0.1) is 0 Å². The largest absolute Gasteiger partial charge is 0.488 e. The number of pyridine rings is 1. The third kappa shape index (κ3) is 9.11. The van der Waals surface area contributed by atoms with Crippen LogP contribution in [-0.2, 0) is 29.3 Å². The smallest absolute Gasteiger partial charge is 0.290 e. The first-order chi connectivity index (χ1) is 22.3.